The average molecular weight is 411 g/mol. The molecule has 0 saturated heterocycles. The van der Waals surface area contributed by atoms with E-state index in [0.717, 1.165) is 16.7 Å². The lowest BCUT2D eigenvalue weighted by atomic mass is 10.1. The van der Waals surface area contributed by atoms with Crippen molar-refractivity contribution in [3.63, 3.8) is 0 Å². The molecule has 0 radical (unpaired) electrons. The van der Waals surface area contributed by atoms with Gasteiger partial charge in [-0.2, -0.15) is 0 Å². The van der Waals surface area contributed by atoms with Gasteiger partial charge in [0.15, 0.2) is 6.61 Å². The van der Waals surface area contributed by atoms with Crippen molar-refractivity contribution in [2.24, 2.45) is 0 Å². The van der Waals surface area contributed by atoms with Gasteiger partial charge in [-0.15, -0.1) is 0 Å². The second-order valence-electron chi connectivity index (χ2n) is 7.90. The molecule has 2 aromatic rings. The van der Waals surface area contributed by atoms with E-state index in [9.17, 15) is 9.59 Å². The summed E-state index contributed by atoms with van der Waals surface area (Å²) in [5.74, 6) is 0.393. The van der Waals surface area contributed by atoms with Gasteiger partial charge in [0.1, 0.15) is 11.8 Å². The molecule has 0 unspecified atom stereocenters. The minimum absolute atomic E-state index is 0.0174. The standard InChI is InChI=1S/C25H34N2O3/c1-6-22(25(29)26-18(2)3)27(16-15-21-12-8-7-9-13-21)24(28)17-30-23-14-10-11-19(4)20(23)5/h7-14,18,22H,6,15-17H2,1-5H3,(H,26,29)/t22-/m0/s1. The number of nitrogens with one attached hydrogen (secondary N) is 1. The fourth-order valence-corrected chi connectivity index (χ4v) is 3.38. The van der Waals surface area contributed by atoms with Crippen LogP contribution in [-0.2, 0) is 16.0 Å². The summed E-state index contributed by atoms with van der Waals surface area (Å²) < 4.78 is 5.85. The largest absolute Gasteiger partial charge is 0.483 e. The van der Waals surface area contributed by atoms with E-state index in [0.29, 0.717) is 25.1 Å². The molecule has 2 aromatic carbocycles. The lowest BCUT2D eigenvalue weighted by molar-refractivity contribution is -0.142. The van der Waals surface area contributed by atoms with Crippen LogP contribution in [0.15, 0.2) is 48.5 Å². The lowest BCUT2D eigenvalue weighted by Gasteiger charge is -2.31. The van der Waals surface area contributed by atoms with Crippen molar-refractivity contribution >= 4 is 11.8 Å². The maximum atomic E-state index is 13.1. The van der Waals surface area contributed by atoms with Crippen molar-refractivity contribution in [1.29, 1.82) is 0 Å². The van der Waals surface area contributed by atoms with Crippen molar-refractivity contribution in [2.45, 2.75) is 59.5 Å². The summed E-state index contributed by atoms with van der Waals surface area (Å²) in [5.41, 5.74) is 3.26. The van der Waals surface area contributed by atoms with Crippen LogP contribution in [0.1, 0.15) is 43.9 Å². The van der Waals surface area contributed by atoms with Crippen molar-refractivity contribution in [3.8, 4) is 5.75 Å². The molecule has 2 amide bonds. The smallest absolute Gasteiger partial charge is 0.261 e. The monoisotopic (exact) mass is 410 g/mol. The number of amides is 2. The van der Waals surface area contributed by atoms with Gasteiger partial charge < -0.3 is 15.0 Å². The van der Waals surface area contributed by atoms with Crippen LogP contribution >= 0.6 is 0 Å². The van der Waals surface area contributed by atoms with E-state index in [4.69, 9.17) is 4.74 Å². The number of nitrogens with zero attached hydrogens (tertiary/aromatic N) is 1. The Morgan fingerprint density at radius 2 is 1.73 bits per heavy atom. The molecule has 162 valence electrons. The molecule has 0 fully saturated rings. The van der Waals surface area contributed by atoms with E-state index in [-0.39, 0.29) is 24.5 Å². The van der Waals surface area contributed by atoms with Crippen molar-refractivity contribution < 1.29 is 14.3 Å². The van der Waals surface area contributed by atoms with Gasteiger partial charge in [0.25, 0.3) is 5.91 Å². The highest BCUT2D eigenvalue weighted by Crippen LogP contribution is 2.21. The summed E-state index contributed by atoms with van der Waals surface area (Å²) in [5, 5.41) is 2.94. The first-order valence-electron chi connectivity index (χ1n) is 10.7. The highest BCUT2D eigenvalue weighted by Gasteiger charge is 2.29. The molecular formula is C25H34N2O3. The van der Waals surface area contributed by atoms with Gasteiger partial charge in [-0.05, 0) is 63.3 Å². The fraction of sp³-hybridized carbons (Fsp3) is 0.440. The zero-order chi connectivity index (χ0) is 22.1. The number of benzene rings is 2. The molecule has 0 bridgehead atoms. The van der Waals surface area contributed by atoms with Crippen molar-refractivity contribution in [1.82, 2.24) is 10.2 Å². The summed E-state index contributed by atoms with van der Waals surface area (Å²) in [6.45, 7) is 10.1. The highest BCUT2D eigenvalue weighted by molar-refractivity contribution is 5.88. The summed E-state index contributed by atoms with van der Waals surface area (Å²) in [4.78, 5) is 27.6. The average Bonchev–Trinajstić information content (AvgIpc) is 2.72. The van der Waals surface area contributed by atoms with E-state index in [2.05, 4.69) is 5.32 Å². The molecule has 0 saturated carbocycles. The van der Waals surface area contributed by atoms with E-state index in [1.807, 2.05) is 83.1 Å². The molecule has 2 rings (SSSR count). The molecule has 0 aliphatic heterocycles. The van der Waals surface area contributed by atoms with Crippen LogP contribution < -0.4 is 10.1 Å². The van der Waals surface area contributed by atoms with Crippen LogP contribution in [0.3, 0.4) is 0 Å². The first-order valence-corrected chi connectivity index (χ1v) is 10.7. The Balaban J connectivity index is 2.16. The predicted octanol–water partition coefficient (Wildman–Crippen LogP) is 4.06. The summed E-state index contributed by atoms with van der Waals surface area (Å²) in [6, 6.07) is 15.3. The second-order valence-corrected chi connectivity index (χ2v) is 7.90. The molecule has 1 N–H and O–H groups in total. The molecule has 30 heavy (non-hydrogen) atoms. The van der Waals surface area contributed by atoms with E-state index < -0.39 is 6.04 Å². The normalized spacial score (nSPS) is 11.8. The van der Waals surface area contributed by atoms with Crippen LogP contribution in [0, 0.1) is 13.8 Å². The molecule has 5 heteroatoms. The van der Waals surface area contributed by atoms with Gasteiger partial charge in [-0.25, -0.2) is 0 Å². The number of hydrogen-bond acceptors (Lipinski definition) is 3. The number of aryl methyl sites for hydroxylation is 1. The molecule has 0 aliphatic rings. The molecule has 5 nitrogen and oxygen atoms in total. The van der Waals surface area contributed by atoms with Crippen molar-refractivity contribution in [2.75, 3.05) is 13.2 Å². The number of ether oxygens (including phenoxy) is 1. The molecule has 1 atom stereocenters. The van der Waals surface area contributed by atoms with Crippen molar-refractivity contribution in [3.05, 3.63) is 65.2 Å². The zero-order valence-electron chi connectivity index (χ0n) is 18.8. The van der Waals surface area contributed by atoms with Gasteiger partial charge in [0.05, 0.1) is 0 Å². The Hall–Kier alpha value is -2.82. The Labute approximate surface area is 180 Å². The van der Waals surface area contributed by atoms with E-state index >= 15 is 0 Å². The Morgan fingerprint density at radius 3 is 2.37 bits per heavy atom. The second kappa shape index (κ2) is 11.4. The summed E-state index contributed by atoms with van der Waals surface area (Å²) in [7, 11) is 0. The Bertz CT molecular complexity index is 834. The fourth-order valence-electron chi connectivity index (χ4n) is 3.38. The van der Waals surface area contributed by atoms with E-state index in [1.54, 1.807) is 4.90 Å². The first kappa shape index (κ1) is 23.5. The first-order chi connectivity index (χ1) is 14.3. The number of carbonyl (C=O) groups is 2. The molecule has 0 spiro atoms. The third-order valence-electron chi connectivity index (χ3n) is 5.21. The molecule has 0 aliphatic carbocycles. The summed E-state index contributed by atoms with van der Waals surface area (Å²) in [6.07, 6.45) is 1.23. The quantitative estimate of drug-likeness (QED) is 0.643. The van der Waals surface area contributed by atoms with Gasteiger partial charge in [-0.1, -0.05) is 49.4 Å². The Kier molecular flexibility index (Phi) is 8.90. The van der Waals surface area contributed by atoms with Gasteiger partial charge in [0.2, 0.25) is 5.91 Å². The third kappa shape index (κ3) is 6.61. The highest BCUT2D eigenvalue weighted by atomic mass is 16.5. The van der Waals surface area contributed by atoms with Crippen LogP contribution in [0.25, 0.3) is 0 Å². The third-order valence-corrected chi connectivity index (χ3v) is 5.21. The van der Waals surface area contributed by atoms with Crippen LogP contribution in [-0.4, -0.2) is 41.9 Å². The number of carbonyl (C=O) groups excluding carboxylic acids is 2. The molecule has 0 heterocycles. The van der Waals surface area contributed by atoms with Gasteiger partial charge in [0, 0.05) is 12.6 Å². The summed E-state index contributed by atoms with van der Waals surface area (Å²) >= 11 is 0. The number of hydrogen-bond donors (Lipinski definition) is 1. The maximum absolute atomic E-state index is 13.1. The van der Waals surface area contributed by atoms with Gasteiger partial charge >= 0.3 is 0 Å². The predicted molar refractivity (Wildman–Crippen MR) is 121 cm³/mol. The SMILES string of the molecule is CC[C@@H](C(=O)NC(C)C)N(CCc1ccccc1)C(=O)COc1cccc(C)c1C. The minimum atomic E-state index is -0.522. The zero-order valence-corrected chi connectivity index (χ0v) is 18.8. The van der Waals surface area contributed by atoms with Crippen LogP contribution in [0.2, 0.25) is 0 Å². The minimum Gasteiger partial charge on any atom is -0.483 e. The van der Waals surface area contributed by atoms with Crippen LogP contribution in [0.4, 0.5) is 0 Å². The molecule has 0 aromatic heterocycles. The lowest BCUT2D eigenvalue weighted by Crippen LogP contribution is -2.52. The molecular weight excluding hydrogens is 376 g/mol. The Morgan fingerprint density at radius 1 is 1.03 bits per heavy atom. The maximum Gasteiger partial charge on any atom is 0.261 e. The van der Waals surface area contributed by atoms with Crippen LogP contribution in [0.5, 0.6) is 5.75 Å². The topological polar surface area (TPSA) is 58.6 Å². The number of rotatable bonds is 10. The van der Waals surface area contributed by atoms with Gasteiger partial charge in [-0.3, -0.25) is 9.59 Å². The van der Waals surface area contributed by atoms with E-state index in [1.165, 1.54) is 0 Å².